The molecule has 0 saturated carbocycles. The summed E-state index contributed by atoms with van der Waals surface area (Å²) in [4.78, 5) is 28.4. The maximum atomic E-state index is 13.8. The molecule has 1 fully saturated rings. The highest BCUT2D eigenvalue weighted by Gasteiger charge is 2.25. The number of hydrogen-bond acceptors (Lipinski definition) is 2. The van der Waals surface area contributed by atoms with Crippen molar-refractivity contribution < 1.29 is 14.0 Å². The Balaban J connectivity index is 1.68. The third-order valence-electron chi connectivity index (χ3n) is 4.25. The Morgan fingerprint density at radius 2 is 1.62 bits per heavy atom. The maximum Gasteiger partial charge on any atom is 0.256 e. The highest BCUT2D eigenvalue weighted by Crippen LogP contribution is 2.14. The number of hydrogen-bond donors (Lipinski definition) is 0. The molecule has 2 amide bonds. The molecule has 0 radical (unpaired) electrons. The highest BCUT2D eigenvalue weighted by atomic mass is 19.1. The number of nitrogens with zero attached hydrogens (tertiary/aromatic N) is 3. The van der Waals surface area contributed by atoms with Crippen molar-refractivity contribution in [1.29, 1.82) is 0 Å². The SMILES string of the molecule is Cn1ccc(C(=O)N2CCCN(C(=O)c3ccccc3F)CC2)c1. The lowest BCUT2D eigenvalue weighted by molar-refractivity contribution is 0.0716. The summed E-state index contributed by atoms with van der Waals surface area (Å²) in [5, 5.41) is 0. The number of halogens is 1. The van der Waals surface area contributed by atoms with E-state index in [-0.39, 0.29) is 17.4 Å². The molecule has 1 aromatic heterocycles. The molecule has 2 heterocycles. The lowest BCUT2D eigenvalue weighted by Crippen LogP contribution is -2.37. The van der Waals surface area contributed by atoms with Gasteiger partial charge < -0.3 is 14.4 Å². The number of benzene rings is 1. The Morgan fingerprint density at radius 1 is 0.958 bits per heavy atom. The van der Waals surface area contributed by atoms with Gasteiger partial charge in [-0.3, -0.25) is 9.59 Å². The molecule has 0 atom stereocenters. The molecule has 2 aromatic rings. The predicted molar refractivity (Wildman–Crippen MR) is 88.2 cm³/mol. The Morgan fingerprint density at radius 3 is 2.25 bits per heavy atom. The van der Waals surface area contributed by atoms with Gasteiger partial charge in [0.05, 0.1) is 11.1 Å². The lowest BCUT2D eigenvalue weighted by atomic mass is 10.2. The van der Waals surface area contributed by atoms with Crippen molar-refractivity contribution in [2.45, 2.75) is 6.42 Å². The standard InChI is InChI=1S/C18H20FN3O2/c1-20-10-7-14(13-20)17(23)21-8-4-9-22(12-11-21)18(24)15-5-2-3-6-16(15)19/h2-3,5-7,10,13H,4,8-9,11-12H2,1H3. The van der Waals surface area contributed by atoms with Crippen LogP contribution in [0.25, 0.3) is 0 Å². The molecule has 0 bridgehead atoms. The summed E-state index contributed by atoms with van der Waals surface area (Å²) < 4.78 is 15.6. The van der Waals surface area contributed by atoms with Gasteiger partial charge in [-0.25, -0.2) is 4.39 Å². The second-order valence-corrected chi connectivity index (χ2v) is 5.98. The summed E-state index contributed by atoms with van der Waals surface area (Å²) in [5.41, 5.74) is 0.728. The van der Waals surface area contributed by atoms with Crippen LogP contribution in [0, 0.1) is 5.82 Å². The van der Waals surface area contributed by atoms with Crippen molar-refractivity contribution in [3.63, 3.8) is 0 Å². The van der Waals surface area contributed by atoms with Crippen LogP contribution >= 0.6 is 0 Å². The molecule has 1 saturated heterocycles. The fourth-order valence-corrected chi connectivity index (χ4v) is 2.94. The first-order valence-electron chi connectivity index (χ1n) is 8.01. The van der Waals surface area contributed by atoms with E-state index in [4.69, 9.17) is 0 Å². The number of aryl methyl sites for hydroxylation is 1. The van der Waals surface area contributed by atoms with Gasteiger partial charge in [-0.1, -0.05) is 12.1 Å². The van der Waals surface area contributed by atoms with E-state index in [1.165, 1.54) is 12.1 Å². The van der Waals surface area contributed by atoms with E-state index < -0.39 is 5.82 Å². The normalized spacial score (nSPS) is 15.2. The van der Waals surface area contributed by atoms with Crippen LogP contribution in [0.15, 0.2) is 42.7 Å². The zero-order valence-corrected chi connectivity index (χ0v) is 13.6. The van der Waals surface area contributed by atoms with Gasteiger partial charge >= 0.3 is 0 Å². The molecule has 0 unspecified atom stereocenters. The van der Waals surface area contributed by atoms with Crippen molar-refractivity contribution in [2.75, 3.05) is 26.2 Å². The number of carbonyl (C=O) groups excluding carboxylic acids is 2. The zero-order valence-electron chi connectivity index (χ0n) is 13.6. The minimum atomic E-state index is -0.510. The van der Waals surface area contributed by atoms with Crippen LogP contribution in [0.1, 0.15) is 27.1 Å². The number of carbonyl (C=O) groups is 2. The summed E-state index contributed by atoms with van der Waals surface area (Å²) in [5.74, 6) is -0.859. The molecule has 5 nitrogen and oxygen atoms in total. The summed E-state index contributed by atoms with van der Waals surface area (Å²) in [6, 6.07) is 7.79. The molecule has 1 aromatic carbocycles. The second-order valence-electron chi connectivity index (χ2n) is 5.98. The molecule has 1 aliphatic rings. The van der Waals surface area contributed by atoms with Crippen LogP contribution in [-0.2, 0) is 7.05 Å². The maximum absolute atomic E-state index is 13.8. The monoisotopic (exact) mass is 329 g/mol. The highest BCUT2D eigenvalue weighted by molar-refractivity contribution is 5.95. The van der Waals surface area contributed by atoms with Crippen molar-refractivity contribution in [3.8, 4) is 0 Å². The molecule has 6 heteroatoms. The molecule has 1 aliphatic heterocycles. The first-order valence-corrected chi connectivity index (χ1v) is 8.01. The van der Waals surface area contributed by atoms with Crippen LogP contribution < -0.4 is 0 Å². The van der Waals surface area contributed by atoms with E-state index in [1.807, 2.05) is 17.8 Å². The molecular formula is C18H20FN3O2. The summed E-state index contributed by atoms with van der Waals surface area (Å²) >= 11 is 0. The number of rotatable bonds is 2. The molecule has 126 valence electrons. The average molecular weight is 329 g/mol. The third kappa shape index (κ3) is 3.32. The predicted octanol–water partition coefficient (Wildman–Crippen LogP) is 2.15. The van der Waals surface area contributed by atoms with Gasteiger partial charge in [-0.05, 0) is 24.6 Å². The van der Waals surface area contributed by atoms with Gasteiger partial charge in [0.15, 0.2) is 0 Å². The number of aromatic nitrogens is 1. The Kier molecular flexibility index (Phi) is 4.64. The van der Waals surface area contributed by atoms with E-state index in [2.05, 4.69) is 0 Å². The topological polar surface area (TPSA) is 45.6 Å². The van der Waals surface area contributed by atoms with Crippen LogP contribution in [0.4, 0.5) is 4.39 Å². The van der Waals surface area contributed by atoms with E-state index in [9.17, 15) is 14.0 Å². The molecule has 0 spiro atoms. The van der Waals surface area contributed by atoms with Gasteiger partial charge in [-0.15, -0.1) is 0 Å². The van der Waals surface area contributed by atoms with Crippen molar-refractivity contribution in [1.82, 2.24) is 14.4 Å². The largest absolute Gasteiger partial charge is 0.356 e. The second kappa shape index (κ2) is 6.86. The Hall–Kier alpha value is -2.63. The minimum absolute atomic E-state index is 0.0317. The van der Waals surface area contributed by atoms with Gasteiger partial charge in [-0.2, -0.15) is 0 Å². The number of amides is 2. The van der Waals surface area contributed by atoms with Crippen LogP contribution in [0.5, 0.6) is 0 Å². The van der Waals surface area contributed by atoms with E-state index in [0.717, 1.165) is 0 Å². The third-order valence-corrected chi connectivity index (χ3v) is 4.25. The fourth-order valence-electron chi connectivity index (χ4n) is 2.94. The van der Waals surface area contributed by atoms with Crippen molar-refractivity contribution in [2.24, 2.45) is 7.05 Å². The quantitative estimate of drug-likeness (QED) is 0.847. The van der Waals surface area contributed by atoms with Gasteiger partial charge in [0.1, 0.15) is 5.82 Å². The van der Waals surface area contributed by atoms with Crippen LogP contribution in [0.2, 0.25) is 0 Å². The van der Waals surface area contributed by atoms with E-state index in [1.54, 1.807) is 34.2 Å². The van der Waals surface area contributed by atoms with Crippen molar-refractivity contribution in [3.05, 3.63) is 59.7 Å². The fraction of sp³-hybridized carbons (Fsp3) is 0.333. The molecule has 0 N–H and O–H groups in total. The first kappa shape index (κ1) is 16.2. The summed E-state index contributed by atoms with van der Waals surface area (Å²) in [7, 11) is 1.87. The average Bonchev–Trinajstić information content (AvgIpc) is 2.87. The lowest BCUT2D eigenvalue weighted by Gasteiger charge is -2.22. The molecule has 0 aliphatic carbocycles. The van der Waals surface area contributed by atoms with Gasteiger partial charge in [0.25, 0.3) is 11.8 Å². The summed E-state index contributed by atoms with van der Waals surface area (Å²) in [6.07, 6.45) is 4.30. The first-order chi connectivity index (χ1) is 11.6. The molecular weight excluding hydrogens is 309 g/mol. The van der Waals surface area contributed by atoms with E-state index in [0.29, 0.717) is 38.2 Å². The van der Waals surface area contributed by atoms with Gasteiger partial charge in [0, 0.05) is 45.6 Å². The smallest absolute Gasteiger partial charge is 0.256 e. The zero-order chi connectivity index (χ0) is 17.1. The van der Waals surface area contributed by atoms with Crippen molar-refractivity contribution >= 4 is 11.8 Å². The van der Waals surface area contributed by atoms with Crippen LogP contribution in [-0.4, -0.2) is 52.4 Å². The van der Waals surface area contributed by atoms with E-state index >= 15 is 0 Å². The summed E-state index contributed by atoms with van der Waals surface area (Å²) in [6.45, 7) is 1.97. The molecule has 3 rings (SSSR count). The minimum Gasteiger partial charge on any atom is -0.356 e. The van der Waals surface area contributed by atoms with Gasteiger partial charge in [0.2, 0.25) is 0 Å². The molecule has 24 heavy (non-hydrogen) atoms. The van der Waals surface area contributed by atoms with Crippen LogP contribution in [0.3, 0.4) is 0 Å². The Bertz CT molecular complexity index is 756. The Labute approximate surface area is 140 Å².